The van der Waals surface area contributed by atoms with E-state index >= 15 is 0 Å². The summed E-state index contributed by atoms with van der Waals surface area (Å²) in [5.41, 5.74) is 10.1. The molecule has 30 heavy (non-hydrogen) atoms. The fraction of sp³-hybridized carbons (Fsp3) is 0.208. The first-order chi connectivity index (χ1) is 14.3. The quantitative estimate of drug-likeness (QED) is 0.405. The number of alkyl halides is 2. The van der Waals surface area contributed by atoms with E-state index in [1.807, 2.05) is 56.3 Å². The standard InChI is InChI=1S/C24H24F2N4/c1-16(2)29-19-14-9-12-18(17-10-5-4-6-11-17)21(19)23(27)30-22(24(3,25)26)20-13-7-8-15-28-20/h4-15,22H,1-3H3,(H2,27,30). The third-order valence-electron chi connectivity index (χ3n) is 4.44. The van der Waals surface area contributed by atoms with Crippen LogP contribution in [0.2, 0.25) is 0 Å². The molecule has 0 aliphatic heterocycles. The number of hydrogen-bond acceptors (Lipinski definition) is 3. The number of nitrogens with two attached hydrogens (primary N) is 1. The maximum Gasteiger partial charge on any atom is 0.273 e. The molecule has 0 aliphatic rings. The molecule has 0 aliphatic carbocycles. The van der Waals surface area contributed by atoms with E-state index in [9.17, 15) is 8.78 Å². The Morgan fingerprint density at radius 3 is 2.27 bits per heavy atom. The second-order valence-corrected chi connectivity index (χ2v) is 7.25. The molecule has 0 bridgehead atoms. The molecule has 154 valence electrons. The molecule has 1 unspecified atom stereocenters. The molecule has 4 nitrogen and oxygen atoms in total. The number of hydrogen-bond donors (Lipinski definition) is 1. The van der Waals surface area contributed by atoms with Gasteiger partial charge in [-0.05, 0) is 43.2 Å². The first-order valence-corrected chi connectivity index (χ1v) is 9.60. The summed E-state index contributed by atoms with van der Waals surface area (Å²) in [6.07, 6.45) is 1.47. The van der Waals surface area contributed by atoms with E-state index in [1.165, 1.54) is 12.3 Å². The van der Waals surface area contributed by atoms with Gasteiger partial charge in [0.25, 0.3) is 5.92 Å². The zero-order valence-corrected chi connectivity index (χ0v) is 17.2. The molecular formula is C24H24F2N4. The van der Waals surface area contributed by atoms with Crippen molar-refractivity contribution in [2.75, 3.05) is 0 Å². The van der Waals surface area contributed by atoms with Crippen LogP contribution in [-0.4, -0.2) is 22.5 Å². The summed E-state index contributed by atoms with van der Waals surface area (Å²) in [5, 5.41) is 0. The van der Waals surface area contributed by atoms with Crippen molar-refractivity contribution in [3.63, 3.8) is 0 Å². The SMILES string of the molecule is CC(C)=Nc1cccc(-c2ccccc2)c1C(N)=NC(c1ccccn1)C(C)(F)F. The molecule has 0 saturated carbocycles. The van der Waals surface area contributed by atoms with Crippen LogP contribution in [0.3, 0.4) is 0 Å². The molecule has 1 heterocycles. The minimum Gasteiger partial charge on any atom is -0.383 e. The molecule has 2 N–H and O–H groups in total. The summed E-state index contributed by atoms with van der Waals surface area (Å²) >= 11 is 0. The molecule has 3 aromatic rings. The smallest absolute Gasteiger partial charge is 0.273 e. The highest BCUT2D eigenvalue weighted by Gasteiger charge is 2.37. The third-order valence-corrected chi connectivity index (χ3v) is 4.44. The van der Waals surface area contributed by atoms with Gasteiger partial charge in [0.2, 0.25) is 0 Å². The number of rotatable bonds is 6. The van der Waals surface area contributed by atoms with Crippen molar-refractivity contribution < 1.29 is 8.78 Å². The molecule has 1 atom stereocenters. The Bertz CT molecular complexity index is 1050. The van der Waals surface area contributed by atoms with E-state index in [0.29, 0.717) is 11.3 Å². The molecule has 2 aromatic carbocycles. The van der Waals surface area contributed by atoms with Crippen molar-refractivity contribution in [2.24, 2.45) is 15.7 Å². The zero-order chi connectivity index (χ0) is 21.7. The number of benzene rings is 2. The highest BCUT2D eigenvalue weighted by atomic mass is 19.3. The maximum atomic E-state index is 14.5. The van der Waals surface area contributed by atoms with Gasteiger partial charge in [0.1, 0.15) is 5.84 Å². The van der Waals surface area contributed by atoms with E-state index in [2.05, 4.69) is 15.0 Å². The average molecular weight is 406 g/mol. The van der Waals surface area contributed by atoms with Crippen LogP contribution in [0.5, 0.6) is 0 Å². The topological polar surface area (TPSA) is 63.6 Å². The lowest BCUT2D eigenvalue weighted by Crippen LogP contribution is -2.26. The molecule has 0 spiro atoms. The van der Waals surface area contributed by atoms with Crippen LogP contribution in [0.25, 0.3) is 11.1 Å². The Morgan fingerprint density at radius 1 is 0.967 bits per heavy atom. The lowest BCUT2D eigenvalue weighted by Gasteiger charge is -2.21. The van der Waals surface area contributed by atoms with Gasteiger partial charge in [0.05, 0.1) is 11.4 Å². The van der Waals surface area contributed by atoms with Crippen molar-refractivity contribution in [2.45, 2.75) is 32.7 Å². The van der Waals surface area contributed by atoms with E-state index in [1.54, 1.807) is 18.2 Å². The Hall–Kier alpha value is -3.41. The number of nitrogens with zero attached hydrogens (tertiary/aromatic N) is 3. The van der Waals surface area contributed by atoms with Crippen molar-refractivity contribution in [1.29, 1.82) is 0 Å². The van der Waals surface area contributed by atoms with Crippen LogP contribution < -0.4 is 5.73 Å². The molecule has 0 fully saturated rings. The van der Waals surface area contributed by atoms with Crippen molar-refractivity contribution in [3.8, 4) is 11.1 Å². The van der Waals surface area contributed by atoms with E-state index < -0.39 is 12.0 Å². The number of aromatic nitrogens is 1. The van der Waals surface area contributed by atoms with Gasteiger partial charge in [0, 0.05) is 24.4 Å². The van der Waals surface area contributed by atoms with Gasteiger partial charge >= 0.3 is 0 Å². The summed E-state index contributed by atoms with van der Waals surface area (Å²) in [6.45, 7) is 4.55. The lowest BCUT2D eigenvalue weighted by atomic mass is 9.97. The lowest BCUT2D eigenvalue weighted by molar-refractivity contribution is -0.00654. The van der Waals surface area contributed by atoms with Crippen LogP contribution in [0.15, 0.2) is 82.9 Å². The normalized spacial score (nSPS) is 13.0. The second kappa shape index (κ2) is 8.95. The predicted octanol–water partition coefficient (Wildman–Crippen LogP) is 5.96. The van der Waals surface area contributed by atoms with Gasteiger partial charge in [-0.1, -0.05) is 48.5 Å². The monoisotopic (exact) mass is 406 g/mol. The maximum absolute atomic E-state index is 14.5. The first kappa shape index (κ1) is 21.3. The van der Waals surface area contributed by atoms with Crippen LogP contribution in [0.1, 0.15) is 38.1 Å². The molecule has 3 rings (SSSR count). The summed E-state index contributed by atoms with van der Waals surface area (Å²) in [4.78, 5) is 12.9. The molecule has 0 amide bonds. The zero-order valence-electron chi connectivity index (χ0n) is 17.2. The van der Waals surface area contributed by atoms with Gasteiger partial charge < -0.3 is 5.73 Å². The predicted molar refractivity (Wildman–Crippen MR) is 119 cm³/mol. The van der Waals surface area contributed by atoms with Gasteiger partial charge in [-0.25, -0.2) is 8.78 Å². The minimum absolute atomic E-state index is 0.00775. The minimum atomic E-state index is -3.15. The van der Waals surface area contributed by atoms with Crippen molar-refractivity contribution >= 4 is 17.2 Å². The van der Waals surface area contributed by atoms with E-state index in [4.69, 9.17) is 5.73 Å². The molecule has 1 aromatic heterocycles. The molecule has 0 saturated heterocycles. The Balaban J connectivity index is 2.23. The summed E-state index contributed by atoms with van der Waals surface area (Å²) in [7, 11) is 0. The van der Waals surface area contributed by atoms with Crippen molar-refractivity contribution in [1.82, 2.24) is 4.98 Å². The fourth-order valence-corrected chi connectivity index (χ4v) is 3.18. The third kappa shape index (κ3) is 4.95. The number of amidine groups is 1. The van der Waals surface area contributed by atoms with Crippen molar-refractivity contribution in [3.05, 3.63) is 84.2 Å². The highest BCUT2D eigenvalue weighted by molar-refractivity contribution is 6.08. The Labute approximate surface area is 175 Å². The van der Waals surface area contributed by atoms with Gasteiger partial charge in [0.15, 0.2) is 6.04 Å². The molecule has 0 radical (unpaired) electrons. The highest BCUT2D eigenvalue weighted by Crippen LogP contribution is 2.36. The van der Waals surface area contributed by atoms with E-state index in [0.717, 1.165) is 23.8 Å². The number of aliphatic imine (C=N–C) groups is 2. The van der Waals surface area contributed by atoms with E-state index in [-0.39, 0.29) is 11.5 Å². The van der Waals surface area contributed by atoms with Crippen LogP contribution in [-0.2, 0) is 0 Å². The summed E-state index contributed by atoms with van der Waals surface area (Å²) in [6, 6.07) is 18.5. The average Bonchev–Trinajstić information content (AvgIpc) is 2.71. The first-order valence-electron chi connectivity index (χ1n) is 9.60. The molecular weight excluding hydrogens is 382 g/mol. The Kier molecular flexibility index (Phi) is 6.35. The largest absolute Gasteiger partial charge is 0.383 e. The van der Waals surface area contributed by atoms with Gasteiger partial charge in [-0.2, -0.15) is 0 Å². The van der Waals surface area contributed by atoms with Crippen LogP contribution >= 0.6 is 0 Å². The second-order valence-electron chi connectivity index (χ2n) is 7.25. The van der Waals surface area contributed by atoms with Crippen LogP contribution in [0.4, 0.5) is 14.5 Å². The van der Waals surface area contributed by atoms with Gasteiger partial charge in [-0.3, -0.25) is 15.0 Å². The Morgan fingerprint density at radius 2 is 1.67 bits per heavy atom. The summed E-state index contributed by atoms with van der Waals surface area (Å²) in [5.74, 6) is -3.16. The van der Waals surface area contributed by atoms with Crippen LogP contribution in [0, 0.1) is 0 Å². The summed E-state index contributed by atoms with van der Waals surface area (Å²) < 4.78 is 28.9. The number of pyridine rings is 1. The molecule has 6 heteroatoms. The van der Waals surface area contributed by atoms with Gasteiger partial charge in [-0.15, -0.1) is 0 Å². The number of halogens is 2. The fourth-order valence-electron chi connectivity index (χ4n) is 3.18.